The predicted octanol–water partition coefficient (Wildman–Crippen LogP) is 4.47. The maximum atomic E-state index is 9.60. The Morgan fingerprint density at radius 1 is 1.16 bits per heavy atom. The van der Waals surface area contributed by atoms with Gasteiger partial charge >= 0.3 is 0 Å². The molecule has 3 heterocycles. The van der Waals surface area contributed by atoms with Crippen LogP contribution < -0.4 is 4.90 Å². The van der Waals surface area contributed by atoms with E-state index in [1.165, 1.54) is 19.3 Å². The van der Waals surface area contributed by atoms with Gasteiger partial charge in [-0.05, 0) is 68.1 Å². The SMILES string of the molecule is Brc1ccc2c(N3CCCCC3)ncnn12.CC.CC(C)(C)OC=O. The van der Waals surface area contributed by atoms with E-state index in [2.05, 4.69) is 41.7 Å². The van der Waals surface area contributed by atoms with Crippen molar-refractivity contribution in [2.24, 2.45) is 0 Å². The van der Waals surface area contributed by atoms with Crippen LogP contribution in [0, 0.1) is 0 Å². The smallest absolute Gasteiger partial charge is 0.293 e. The van der Waals surface area contributed by atoms with Crippen LogP contribution in [0.25, 0.3) is 5.52 Å². The molecule has 0 unspecified atom stereocenters. The van der Waals surface area contributed by atoms with Gasteiger partial charge in [0.25, 0.3) is 6.47 Å². The van der Waals surface area contributed by atoms with E-state index in [-0.39, 0.29) is 5.60 Å². The van der Waals surface area contributed by atoms with Crippen molar-refractivity contribution in [2.75, 3.05) is 18.0 Å². The van der Waals surface area contributed by atoms with Crippen LogP contribution in [0.3, 0.4) is 0 Å². The summed E-state index contributed by atoms with van der Waals surface area (Å²) in [6.45, 7) is 12.1. The highest BCUT2D eigenvalue weighted by Crippen LogP contribution is 2.24. The number of nitrogens with zero attached hydrogens (tertiary/aromatic N) is 4. The lowest BCUT2D eigenvalue weighted by molar-refractivity contribution is -0.138. The van der Waals surface area contributed by atoms with Gasteiger partial charge in [0, 0.05) is 13.1 Å². The molecule has 0 amide bonds. The van der Waals surface area contributed by atoms with Crippen molar-refractivity contribution in [3.8, 4) is 0 Å². The number of hydrogen-bond donors (Lipinski definition) is 0. The molecule has 25 heavy (non-hydrogen) atoms. The van der Waals surface area contributed by atoms with E-state index < -0.39 is 0 Å². The van der Waals surface area contributed by atoms with Gasteiger partial charge in [0.1, 0.15) is 22.0 Å². The fraction of sp³-hybridized carbons (Fsp3) is 0.611. The van der Waals surface area contributed by atoms with Crippen molar-refractivity contribution in [2.45, 2.75) is 59.5 Å². The summed E-state index contributed by atoms with van der Waals surface area (Å²) in [6, 6.07) is 4.07. The van der Waals surface area contributed by atoms with E-state index in [1.54, 1.807) is 6.33 Å². The summed E-state index contributed by atoms with van der Waals surface area (Å²) in [4.78, 5) is 16.4. The fourth-order valence-electron chi connectivity index (χ4n) is 2.38. The normalized spacial score (nSPS) is 14.1. The topological polar surface area (TPSA) is 59.7 Å². The highest BCUT2D eigenvalue weighted by molar-refractivity contribution is 9.10. The molecule has 0 spiro atoms. The minimum absolute atomic E-state index is 0.318. The number of piperidine rings is 1. The van der Waals surface area contributed by atoms with Crippen molar-refractivity contribution in [3.63, 3.8) is 0 Å². The van der Waals surface area contributed by atoms with Crippen molar-refractivity contribution in [1.29, 1.82) is 0 Å². The molecule has 0 radical (unpaired) electrons. The number of carbonyl (C=O) groups excluding carboxylic acids is 1. The van der Waals surface area contributed by atoms with E-state index in [0.717, 1.165) is 29.0 Å². The van der Waals surface area contributed by atoms with Crippen LogP contribution in [-0.4, -0.2) is 39.8 Å². The summed E-state index contributed by atoms with van der Waals surface area (Å²) in [5, 5.41) is 4.23. The van der Waals surface area contributed by atoms with Crippen molar-refractivity contribution in [1.82, 2.24) is 14.6 Å². The lowest BCUT2D eigenvalue weighted by Crippen LogP contribution is -2.30. The number of anilines is 1. The molecule has 7 heteroatoms. The quantitative estimate of drug-likeness (QED) is 0.680. The molecule has 0 N–H and O–H groups in total. The Balaban J connectivity index is 0.000000297. The fourth-order valence-corrected chi connectivity index (χ4v) is 2.80. The molecule has 0 aliphatic carbocycles. The number of carbonyl (C=O) groups is 1. The van der Waals surface area contributed by atoms with Gasteiger partial charge in [0.15, 0.2) is 5.82 Å². The van der Waals surface area contributed by atoms with Gasteiger partial charge in [0.05, 0.1) is 0 Å². The number of ether oxygens (including phenoxy) is 1. The lowest BCUT2D eigenvalue weighted by Gasteiger charge is -2.27. The molecule has 1 aliphatic heterocycles. The third kappa shape index (κ3) is 6.65. The molecular weight excluding hydrogens is 384 g/mol. The van der Waals surface area contributed by atoms with E-state index in [0.29, 0.717) is 6.47 Å². The molecule has 3 rings (SSSR count). The summed E-state index contributed by atoms with van der Waals surface area (Å²) in [5.41, 5.74) is 0.762. The van der Waals surface area contributed by atoms with E-state index in [4.69, 9.17) is 0 Å². The number of fused-ring (bicyclic) bond motifs is 1. The number of halogens is 1. The first-order valence-electron chi connectivity index (χ1n) is 8.77. The molecular formula is C18H29BrN4O2. The second kappa shape index (κ2) is 10.4. The molecule has 6 nitrogen and oxygen atoms in total. The zero-order valence-electron chi connectivity index (χ0n) is 15.8. The van der Waals surface area contributed by atoms with Crippen LogP contribution in [0.1, 0.15) is 53.9 Å². The third-order valence-corrected chi connectivity index (χ3v) is 4.04. The first-order chi connectivity index (χ1) is 11.9. The Kier molecular flexibility index (Phi) is 8.89. The number of rotatable bonds is 2. The molecule has 1 saturated heterocycles. The third-order valence-electron chi connectivity index (χ3n) is 3.44. The maximum absolute atomic E-state index is 9.60. The van der Waals surface area contributed by atoms with Gasteiger partial charge in [-0.25, -0.2) is 9.50 Å². The van der Waals surface area contributed by atoms with Crippen LogP contribution in [0.4, 0.5) is 5.82 Å². The van der Waals surface area contributed by atoms with Gasteiger partial charge in [-0.3, -0.25) is 4.79 Å². The molecule has 140 valence electrons. The summed E-state index contributed by atoms with van der Waals surface area (Å²) >= 11 is 3.48. The summed E-state index contributed by atoms with van der Waals surface area (Å²) < 4.78 is 7.41. The van der Waals surface area contributed by atoms with Gasteiger partial charge < -0.3 is 9.64 Å². The van der Waals surface area contributed by atoms with Crippen LogP contribution in [-0.2, 0) is 9.53 Å². The molecule has 0 bridgehead atoms. The Morgan fingerprint density at radius 2 is 1.80 bits per heavy atom. The Hall–Kier alpha value is -1.63. The van der Waals surface area contributed by atoms with Gasteiger partial charge in [-0.2, -0.15) is 5.10 Å². The Morgan fingerprint density at radius 3 is 2.32 bits per heavy atom. The van der Waals surface area contributed by atoms with Crippen LogP contribution in [0.15, 0.2) is 23.1 Å². The molecule has 1 fully saturated rings. The van der Waals surface area contributed by atoms with Gasteiger partial charge in [-0.15, -0.1) is 0 Å². The molecule has 2 aromatic heterocycles. The minimum Gasteiger partial charge on any atom is -0.462 e. The highest BCUT2D eigenvalue weighted by Gasteiger charge is 2.16. The number of hydrogen-bond acceptors (Lipinski definition) is 5. The van der Waals surface area contributed by atoms with Crippen LogP contribution >= 0.6 is 15.9 Å². The maximum Gasteiger partial charge on any atom is 0.293 e. The average Bonchev–Trinajstić information content (AvgIpc) is 2.98. The average molecular weight is 413 g/mol. The first kappa shape index (κ1) is 21.4. The molecule has 0 saturated carbocycles. The van der Waals surface area contributed by atoms with Crippen molar-refractivity contribution < 1.29 is 9.53 Å². The largest absolute Gasteiger partial charge is 0.462 e. The van der Waals surface area contributed by atoms with E-state index in [1.807, 2.05) is 45.2 Å². The predicted molar refractivity (Wildman–Crippen MR) is 105 cm³/mol. The summed E-state index contributed by atoms with van der Waals surface area (Å²) in [6.07, 6.45) is 5.49. The van der Waals surface area contributed by atoms with Gasteiger partial charge in [-0.1, -0.05) is 13.8 Å². The molecule has 0 aromatic carbocycles. The highest BCUT2D eigenvalue weighted by atomic mass is 79.9. The van der Waals surface area contributed by atoms with Crippen molar-refractivity contribution >= 4 is 33.7 Å². The zero-order chi connectivity index (χ0) is 18.9. The van der Waals surface area contributed by atoms with Crippen LogP contribution in [0.2, 0.25) is 0 Å². The summed E-state index contributed by atoms with van der Waals surface area (Å²) in [5.74, 6) is 1.06. The second-order valence-electron chi connectivity index (χ2n) is 6.41. The van der Waals surface area contributed by atoms with Gasteiger partial charge in [0.2, 0.25) is 0 Å². The monoisotopic (exact) mass is 412 g/mol. The summed E-state index contributed by atoms with van der Waals surface area (Å²) in [7, 11) is 0. The standard InChI is InChI=1S/C11H13BrN4.C5H10O2.C2H6/c12-10-5-4-9-11(13-8-14-16(9)10)15-6-2-1-3-7-15;1-5(2,3)7-4-6;1-2/h4-5,8H,1-3,6-7H2;4H,1-3H3;1-2H3. The molecule has 2 aromatic rings. The Labute approximate surface area is 158 Å². The lowest BCUT2D eigenvalue weighted by atomic mass is 10.1. The Bertz CT molecular complexity index is 646. The first-order valence-corrected chi connectivity index (χ1v) is 9.56. The zero-order valence-corrected chi connectivity index (χ0v) is 17.4. The second-order valence-corrected chi connectivity index (χ2v) is 7.22. The van der Waals surface area contributed by atoms with E-state index >= 15 is 0 Å². The van der Waals surface area contributed by atoms with Crippen LogP contribution in [0.5, 0.6) is 0 Å². The minimum atomic E-state index is -0.318. The number of aromatic nitrogens is 3. The molecule has 0 atom stereocenters. The van der Waals surface area contributed by atoms with E-state index in [9.17, 15) is 4.79 Å². The van der Waals surface area contributed by atoms with Crippen molar-refractivity contribution in [3.05, 3.63) is 23.1 Å². The molecule has 1 aliphatic rings.